The largest absolute Gasteiger partial charge is 0.323 e. The first-order valence-electron chi connectivity index (χ1n) is 5.76. The Morgan fingerprint density at radius 2 is 2.32 bits per heavy atom. The first-order chi connectivity index (χ1) is 9.25. The standard InChI is InChI=1S/C12H11N3O2S2/c16-10-3-4-13-11-9(2-1-5-15(10)11)19-12(17)14-6-7-18-8-14/h1-5H,6-8H2. The van der Waals surface area contributed by atoms with Crippen LogP contribution in [0.15, 0.2) is 40.3 Å². The van der Waals surface area contributed by atoms with Gasteiger partial charge in [-0.1, -0.05) is 0 Å². The summed E-state index contributed by atoms with van der Waals surface area (Å²) in [5.41, 5.74) is 0.386. The number of amides is 1. The van der Waals surface area contributed by atoms with Crippen LogP contribution in [0.4, 0.5) is 4.79 Å². The van der Waals surface area contributed by atoms with Gasteiger partial charge in [-0.05, 0) is 23.9 Å². The van der Waals surface area contributed by atoms with Crippen LogP contribution in [0.5, 0.6) is 0 Å². The highest BCUT2D eigenvalue weighted by Gasteiger charge is 2.20. The highest BCUT2D eigenvalue weighted by atomic mass is 32.2. The molecule has 2 aromatic heterocycles. The third-order valence-electron chi connectivity index (χ3n) is 2.79. The van der Waals surface area contributed by atoms with Gasteiger partial charge in [0.25, 0.3) is 10.8 Å². The lowest BCUT2D eigenvalue weighted by molar-refractivity contribution is 0.236. The highest BCUT2D eigenvalue weighted by molar-refractivity contribution is 8.13. The molecule has 0 bridgehead atoms. The van der Waals surface area contributed by atoms with Crippen molar-refractivity contribution in [3.8, 4) is 0 Å². The quantitative estimate of drug-likeness (QED) is 0.752. The second kappa shape index (κ2) is 5.26. The third-order valence-corrected chi connectivity index (χ3v) is 4.73. The normalized spacial score (nSPS) is 15.1. The molecule has 0 unspecified atom stereocenters. The van der Waals surface area contributed by atoms with E-state index >= 15 is 0 Å². The second-order valence-electron chi connectivity index (χ2n) is 4.02. The Balaban J connectivity index is 1.94. The Bertz CT molecular complexity index is 680. The van der Waals surface area contributed by atoms with E-state index in [0.29, 0.717) is 10.5 Å². The summed E-state index contributed by atoms with van der Waals surface area (Å²) < 4.78 is 1.45. The van der Waals surface area contributed by atoms with Crippen LogP contribution in [-0.2, 0) is 0 Å². The molecule has 1 saturated heterocycles. The number of rotatable bonds is 1. The van der Waals surface area contributed by atoms with E-state index in [0.717, 1.165) is 29.9 Å². The molecule has 3 heterocycles. The van der Waals surface area contributed by atoms with Crippen LogP contribution in [0.25, 0.3) is 5.65 Å². The molecule has 3 rings (SSSR count). The minimum absolute atomic E-state index is 0.0104. The van der Waals surface area contributed by atoms with Crippen molar-refractivity contribution in [3.05, 3.63) is 40.9 Å². The fourth-order valence-electron chi connectivity index (χ4n) is 1.83. The van der Waals surface area contributed by atoms with Gasteiger partial charge >= 0.3 is 0 Å². The Labute approximate surface area is 118 Å². The SMILES string of the molecule is O=C(Sc1cccn2c(=O)ccnc12)N1CCSC1. The molecule has 1 fully saturated rings. The average molecular weight is 293 g/mol. The first-order valence-corrected chi connectivity index (χ1v) is 7.74. The van der Waals surface area contributed by atoms with Gasteiger partial charge in [0.1, 0.15) is 0 Å². The summed E-state index contributed by atoms with van der Waals surface area (Å²) in [5.74, 6) is 1.73. The van der Waals surface area contributed by atoms with E-state index in [-0.39, 0.29) is 10.8 Å². The van der Waals surface area contributed by atoms with Crippen LogP contribution >= 0.6 is 23.5 Å². The zero-order chi connectivity index (χ0) is 13.2. The minimum Gasteiger partial charge on any atom is -0.323 e. The number of thioether (sulfide) groups is 2. The van der Waals surface area contributed by atoms with Gasteiger partial charge in [-0.15, -0.1) is 11.8 Å². The average Bonchev–Trinajstić information content (AvgIpc) is 2.94. The lowest BCUT2D eigenvalue weighted by Crippen LogP contribution is -2.23. The van der Waals surface area contributed by atoms with E-state index in [1.807, 2.05) is 6.07 Å². The Kier molecular flexibility index (Phi) is 3.48. The van der Waals surface area contributed by atoms with Gasteiger partial charge in [0.2, 0.25) is 0 Å². The summed E-state index contributed by atoms with van der Waals surface area (Å²) in [6, 6.07) is 4.97. The van der Waals surface area contributed by atoms with Crippen molar-refractivity contribution in [1.29, 1.82) is 0 Å². The first kappa shape index (κ1) is 12.6. The molecule has 0 spiro atoms. The molecule has 0 aromatic carbocycles. The molecule has 0 saturated carbocycles. The number of nitrogens with zero attached hydrogens (tertiary/aromatic N) is 3. The Hall–Kier alpha value is -1.47. The fourth-order valence-corrected chi connectivity index (χ4v) is 3.72. The lowest BCUT2D eigenvalue weighted by Gasteiger charge is -2.13. The number of hydrogen-bond acceptors (Lipinski definition) is 5. The lowest BCUT2D eigenvalue weighted by atomic mass is 10.4. The van der Waals surface area contributed by atoms with Crippen molar-refractivity contribution >= 4 is 34.4 Å². The number of pyridine rings is 1. The van der Waals surface area contributed by atoms with Crippen molar-refractivity contribution in [1.82, 2.24) is 14.3 Å². The number of carbonyl (C=O) groups is 1. The molecule has 7 heteroatoms. The van der Waals surface area contributed by atoms with E-state index in [1.54, 1.807) is 28.9 Å². The molecule has 1 aliphatic rings. The molecule has 0 radical (unpaired) electrons. The Morgan fingerprint density at radius 3 is 3.11 bits per heavy atom. The van der Waals surface area contributed by atoms with Crippen molar-refractivity contribution < 1.29 is 4.79 Å². The van der Waals surface area contributed by atoms with Crippen LogP contribution < -0.4 is 5.56 Å². The smallest absolute Gasteiger partial charge is 0.287 e. The van der Waals surface area contributed by atoms with Crippen molar-refractivity contribution in [3.63, 3.8) is 0 Å². The summed E-state index contributed by atoms with van der Waals surface area (Å²) in [6.07, 6.45) is 3.13. The molecule has 0 N–H and O–H groups in total. The number of hydrogen-bond donors (Lipinski definition) is 0. The van der Waals surface area contributed by atoms with Crippen molar-refractivity contribution in [2.75, 3.05) is 18.2 Å². The molecule has 98 valence electrons. The van der Waals surface area contributed by atoms with Crippen LogP contribution in [0.1, 0.15) is 0 Å². The van der Waals surface area contributed by atoms with Crippen molar-refractivity contribution in [2.45, 2.75) is 4.90 Å². The molecule has 0 aliphatic carbocycles. The zero-order valence-corrected chi connectivity index (χ0v) is 11.6. The van der Waals surface area contributed by atoms with Gasteiger partial charge in [0.15, 0.2) is 5.65 Å². The van der Waals surface area contributed by atoms with E-state index in [9.17, 15) is 9.59 Å². The highest BCUT2D eigenvalue weighted by Crippen LogP contribution is 2.27. The summed E-state index contributed by atoms with van der Waals surface area (Å²) in [6.45, 7) is 0.786. The van der Waals surface area contributed by atoms with Crippen LogP contribution in [0.2, 0.25) is 0 Å². The molecular weight excluding hydrogens is 282 g/mol. The predicted octanol–water partition coefficient (Wildman–Crippen LogP) is 1.91. The number of aromatic nitrogens is 2. The number of carbonyl (C=O) groups excluding carboxylic acids is 1. The Morgan fingerprint density at radius 1 is 1.42 bits per heavy atom. The van der Waals surface area contributed by atoms with E-state index in [1.165, 1.54) is 16.7 Å². The molecular formula is C12H11N3O2S2. The molecule has 1 amide bonds. The summed E-state index contributed by atoms with van der Waals surface area (Å²) in [4.78, 5) is 30.5. The zero-order valence-electron chi connectivity index (χ0n) is 9.98. The van der Waals surface area contributed by atoms with Crippen LogP contribution in [0.3, 0.4) is 0 Å². The maximum atomic E-state index is 12.1. The molecule has 19 heavy (non-hydrogen) atoms. The summed E-state index contributed by atoms with van der Waals surface area (Å²) in [7, 11) is 0. The molecule has 5 nitrogen and oxygen atoms in total. The monoisotopic (exact) mass is 293 g/mol. The van der Waals surface area contributed by atoms with Gasteiger partial charge in [0, 0.05) is 30.8 Å². The van der Waals surface area contributed by atoms with Gasteiger partial charge < -0.3 is 4.90 Å². The topological polar surface area (TPSA) is 54.7 Å². The maximum Gasteiger partial charge on any atom is 0.287 e. The van der Waals surface area contributed by atoms with Gasteiger partial charge in [0.05, 0.1) is 10.8 Å². The fraction of sp³-hybridized carbons (Fsp3) is 0.250. The third kappa shape index (κ3) is 2.48. The van der Waals surface area contributed by atoms with E-state index in [2.05, 4.69) is 4.98 Å². The van der Waals surface area contributed by atoms with Gasteiger partial charge in [-0.3, -0.25) is 14.0 Å². The second-order valence-corrected chi connectivity index (χ2v) is 6.09. The molecule has 2 aromatic rings. The van der Waals surface area contributed by atoms with Gasteiger partial charge in [-0.2, -0.15) is 0 Å². The number of fused-ring (bicyclic) bond motifs is 1. The predicted molar refractivity (Wildman–Crippen MR) is 76.7 cm³/mol. The van der Waals surface area contributed by atoms with Crippen molar-refractivity contribution in [2.24, 2.45) is 0 Å². The maximum absolute atomic E-state index is 12.1. The molecule has 1 aliphatic heterocycles. The van der Waals surface area contributed by atoms with Crippen LogP contribution in [0, 0.1) is 0 Å². The van der Waals surface area contributed by atoms with Crippen LogP contribution in [-0.4, -0.2) is 37.7 Å². The summed E-state index contributed by atoms with van der Waals surface area (Å²) in [5, 5.41) is 0.0104. The van der Waals surface area contributed by atoms with Gasteiger partial charge in [-0.25, -0.2) is 4.98 Å². The van der Waals surface area contributed by atoms with E-state index < -0.39 is 0 Å². The minimum atomic E-state index is -0.142. The summed E-state index contributed by atoms with van der Waals surface area (Å²) >= 11 is 2.88. The molecule has 0 atom stereocenters. The van der Waals surface area contributed by atoms with E-state index in [4.69, 9.17) is 0 Å².